The second kappa shape index (κ2) is 8.72. The van der Waals surface area contributed by atoms with Gasteiger partial charge in [-0.15, -0.1) is 0 Å². The van der Waals surface area contributed by atoms with Crippen LogP contribution in [0.2, 0.25) is 0 Å². The van der Waals surface area contributed by atoms with Crippen LogP contribution in [0.1, 0.15) is 10.4 Å². The number of rotatable bonds is 4. The van der Waals surface area contributed by atoms with E-state index in [9.17, 15) is 4.79 Å². The molecule has 2 N–H and O–H groups in total. The van der Waals surface area contributed by atoms with Gasteiger partial charge in [-0.05, 0) is 65.5 Å². The molecule has 1 amide bonds. The van der Waals surface area contributed by atoms with E-state index in [2.05, 4.69) is 15.6 Å². The number of nitrogens with zero attached hydrogens (tertiary/aromatic N) is 1. The Labute approximate surface area is 195 Å². The third-order valence-corrected chi connectivity index (χ3v) is 5.43. The lowest BCUT2D eigenvalue weighted by Crippen LogP contribution is -2.34. The lowest BCUT2D eigenvalue weighted by molar-refractivity contribution is 0.0978. The number of aromatic nitrogens is 1. The van der Waals surface area contributed by atoms with Gasteiger partial charge >= 0.3 is 0 Å². The molecule has 0 unspecified atom stereocenters. The molecular formula is C26H19N3O3S. The number of oxazole rings is 1. The zero-order chi connectivity index (χ0) is 22.8. The summed E-state index contributed by atoms with van der Waals surface area (Å²) in [6.45, 7) is 0. The second-order valence-corrected chi connectivity index (χ2v) is 7.78. The van der Waals surface area contributed by atoms with E-state index in [4.69, 9.17) is 21.4 Å². The van der Waals surface area contributed by atoms with Crippen molar-refractivity contribution >= 4 is 50.8 Å². The first kappa shape index (κ1) is 20.7. The highest BCUT2D eigenvalue weighted by molar-refractivity contribution is 7.80. The molecule has 0 saturated carbocycles. The summed E-state index contributed by atoms with van der Waals surface area (Å²) in [4.78, 5) is 17.3. The Morgan fingerprint density at radius 1 is 0.939 bits per heavy atom. The highest BCUT2D eigenvalue weighted by atomic mass is 32.1. The van der Waals surface area contributed by atoms with Crippen LogP contribution in [0.3, 0.4) is 0 Å². The number of anilines is 1. The Kier molecular flexibility index (Phi) is 5.46. The molecule has 1 heterocycles. The fourth-order valence-electron chi connectivity index (χ4n) is 3.59. The summed E-state index contributed by atoms with van der Waals surface area (Å²) in [5.74, 6) is 0.748. The van der Waals surface area contributed by atoms with Gasteiger partial charge < -0.3 is 14.5 Å². The van der Waals surface area contributed by atoms with Crippen molar-refractivity contribution in [1.29, 1.82) is 0 Å². The first-order chi connectivity index (χ1) is 16.1. The topological polar surface area (TPSA) is 76.4 Å². The van der Waals surface area contributed by atoms with E-state index in [1.54, 1.807) is 19.2 Å². The molecule has 0 saturated heterocycles. The molecule has 0 fully saturated rings. The van der Waals surface area contributed by atoms with Gasteiger partial charge in [0.1, 0.15) is 11.3 Å². The summed E-state index contributed by atoms with van der Waals surface area (Å²) < 4.78 is 11.3. The number of nitrogens with one attached hydrogen (secondary N) is 2. The number of hydrogen-bond donors (Lipinski definition) is 2. The lowest BCUT2D eigenvalue weighted by Gasteiger charge is -2.14. The maximum atomic E-state index is 12.7. The van der Waals surface area contributed by atoms with Gasteiger partial charge in [0.25, 0.3) is 5.91 Å². The standard InChI is InChI=1S/C26H19N3O3S/c1-31-22-13-12-19(25-27-20-8-4-5-9-23(20)32-25)15-21(22)28-26(33)29-24(30)18-11-10-16-6-2-3-7-17(16)14-18/h2-15H,1H3,(H2,28,29,30,33). The second-order valence-electron chi connectivity index (χ2n) is 7.37. The largest absolute Gasteiger partial charge is 0.495 e. The normalized spacial score (nSPS) is 10.8. The van der Waals surface area contributed by atoms with Crippen LogP contribution in [0.25, 0.3) is 33.3 Å². The molecule has 7 heteroatoms. The molecule has 162 valence electrons. The highest BCUT2D eigenvalue weighted by Crippen LogP contribution is 2.32. The Hall–Kier alpha value is -4.23. The van der Waals surface area contributed by atoms with E-state index >= 15 is 0 Å². The first-order valence-electron chi connectivity index (χ1n) is 10.3. The maximum absolute atomic E-state index is 12.7. The molecule has 1 aromatic heterocycles. The van der Waals surface area contributed by atoms with Crippen molar-refractivity contribution in [3.05, 3.63) is 90.5 Å². The van der Waals surface area contributed by atoms with Crippen LogP contribution in [0, 0.1) is 0 Å². The van der Waals surface area contributed by atoms with Gasteiger partial charge in [-0.3, -0.25) is 10.1 Å². The zero-order valence-corrected chi connectivity index (χ0v) is 18.5. The number of amides is 1. The van der Waals surface area contributed by atoms with Crippen molar-refractivity contribution < 1.29 is 13.9 Å². The molecule has 0 bridgehead atoms. The summed E-state index contributed by atoms with van der Waals surface area (Å²) in [5.41, 5.74) is 3.33. The predicted octanol–water partition coefficient (Wildman–Crippen LogP) is 5.78. The Morgan fingerprint density at radius 3 is 2.55 bits per heavy atom. The van der Waals surface area contributed by atoms with Gasteiger partial charge in [-0.25, -0.2) is 4.98 Å². The van der Waals surface area contributed by atoms with Crippen molar-refractivity contribution in [1.82, 2.24) is 10.3 Å². The van der Waals surface area contributed by atoms with Crippen molar-refractivity contribution in [3.63, 3.8) is 0 Å². The Morgan fingerprint density at radius 2 is 1.73 bits per heavy atom. The van der Waals surface area contributed by atoms with E-state index in [1.165, 1.54) is 0 Å². The fourth-order valence-corrected chi connectivity index (χ4v) is 3.80. The van der Waals surface area contributed by atoms with Crippen LogP contribution in [-0.2, 0) is 0 Å². The lowest BCUT2D eigenvalue weighted by atomic mass is 10.1. The number of para-hydroxylation sites is 2. The molecule has 0 spiro atoms. The molecule has 5 aromatic rings. The zero-order valence-electron chi connectivity index (χ0n) is 17.7. The van der Waals surface area contributed by atoms with E-state index in [0.717, 1.165) is 21.9 Å². The van der Waals surface area contributed by atoms with Crippen molar-refractivity contribution in [2.45, 2.75) is 0 Å². The maximum Gasteiger partial charge on any atom is 0.257 e. The van der Waals surface area contributed by atoms with E-state index < -0.39 is 0 Å². The molecule has 0 radical (unpaired) electrons. The molecule has 0 atom stereocenters. The number of hydrogen-bond acceptors (Lipinski definition) is 5. The third kappa shape index (κ3) is 4.26. The minimum atomic E-state index is -0.299. The summed E-state index contributed by atoms with van der Waals surface area (Å²) in [5, 5.41) is 7.98. The highest BCUT2D eigenvalue weighted by Gasteiger charge is 2.14. The molecule has 0 aliphatic carbocycles. The summed E-state index contributed by atoms with van der Waals surface area (Å²) in [7, 11) is 1.57. The van der Waals surface area contributed by atoms with E-state index in [0.29, 0.717) is 28.5 Å². The van der Waals surface area contributed by atoms with Gasteiger partial charge in [0.15, 0.2) is 10.7 Å². The van der Waals surface area contributed by atoms with Crippen LogP contribution in [0.4, 0.5) is 5.69 Å². The van der Waals surface area contributed by atoms with Gasteiger partial charge in [0.05, 0.1) is 12.8 Å². The molecule has 0 aliphatic rings. The number of ether oxygens (including phenoxy) is 1. The predicted molar refractivity (Wildman–Crippen MR) is 134 cm³/mol. The fraction of sp³-hybridized carbons (Fsp3) is 0.0385. The van der Waals surface area contributed by atoms with Crippen molar-refractivity contribution in [2.24, 2.45) is 0 Å². The molecule has 6 nitrogen and oxygen atoms in total. The number of methoxy groups -OCH3 is 1. The Balaban J connectivity index is 1.36. The van der Waals surface area contributed by atoms with Gasteiger partial charge in [0, 0.05) is 11.1 Å². The SMILES string of the molecule is COc1ccc(-c2nc3ccccc3o2)cc1NC(=S)NC(=O)c1ccc2ccccc2c1. The van der Waals surface area contributed by atoms with Crippen molar-refractivity contribution in [2.75, 3.05) is 12.4 Å². The minimum absolute atomic E-state index is 0.154. The first-order valence-corrected chi connectivity index (χ1v) is 10.7. The van der Waals surface area contributed by atoms with Gasteiger partial charge in [-0.1, -0.05) is 42.5 Å². The molecular weight excluding hydrogens is 434 g/mol. The van der Waals surface area contributed by atoms with E-state index in [-0.39, 0.29) is 11.0 Å². The number of carbonyl (C=O) groups is 1. The van der Waals surface area contributed by atoms with Crippen LogP contribution in [0.5, 0.6) is 5.75 Å². The molecule has 4 aromatic carbocycles. The summed E-state index contributed by atoms with van der Waals surface area (Å²) in [6.07, 6.45) is 0. The minimum Gasteiger partial charge on any atom is -0.495 e. The van der Waals surface area contributed by atoms with Crippen LogP contribution >= 0.6 is 12.2 Å². The Bertz CT molecular complexity index is 1480. The van der Waals surface area contributed by atoms with Gasteiger partial charge in [0.2, 0.25) is 5.89 Å². The average Bonchev–Trinajstić information content (AvgIpc) is 3.28. The number of fused-ring (bicyclic) bond motifs is 2. The smallest absolute Gasteiger partial charge is 0.257 e. The van der Waals surface area contributed by atoms with Crippen LogP contribution in [-0.4, -0.2) is 23.1 Å². The summed E-state index contributed by atoms with van der Waals surface area (Å²) >= 11 is 5.39. The number of benzene rings is 4. The monoisotopic (exact) mass is 453 g/mol. The molecule has 33 heavy (non-hydrogen) atoms. The number of carbonyl (C=O) groups excluding carboxylic acids is 1. The van der Waals surface area contributed by atoms with Crippen LogP contribution < -0.4 is 15.4 Å². The summed E-state index contributed by atoms with van der Waals surface area (Å²) in [6, 6.07) is 26.4. The van der Waals surface area contributed by atoms with Gasteiger partial charge in [-0.2, -0.15) is 0 Å². The molecule has 5 rings (SSSR count). The quantitative estimate of drug-likeness (QED) is 0.336. The number of thiocarbonyl (C=S) groups is 1. The van der Waals surface area contributed by atoms with Crippen LogP contribution in [0.15, 0.2) is 89.3 Å². The van der Waals surface area contributed by atoms with Crippen molar-refractivity contribution in [3.8, 4) is 17.2 Å². The third-order valence-electron chi connectivity index (χ3n) is 5.23. The molecule has 0 aliphatic heterocycles. The average molecular weight is 454 g/mol. The van der Waals surface area contributed by atoms with E-state index in [1.807, 2.05) is 72.8 Å².